The van der Waals surface area contributed by atoms with E-state index in [1.807, 2.05) is 18.2 Å². The number of piperidine rings is 1. The molecule has 0 radical (unpaired) electrons. The molecule has 30 heavy (non-hydrogen) atoms. The van der Waals surface area contributed by atoms with Crippen LogP contribution in [0.4, 0.5) is 5.82 Å². The van der Waals surface area contributed by atoms with E-state index in [2.05, 4.69) is 22.3 Å². The second-order valence-electron chi connectivity index (χ2n) is 8.70. The van der Waals surface area contributed by atoms with Gasteiger partial charge in [0.15, 0.2) is 5.82 Å². The number of carbonyl (C=O) groups is 1. The van der Waals surface area contributed by atoms with Crippen molar-refractivity contribution in [3.8, 4) is 11.4 Å². The van der Waals surface area contributed by atoms with Gasteiger partial charge < -0.3 is 15.0 Å². The van der Waals surface area contributed by atoms with Crippen molar-refractivity contribution < 1.29 is 9.53 Å². The van der Waals surface area contributed by atoms with Gasteiger partial charge in [0.05, 0.1) is 5.92 Å². The molecule has 3 aliphatic rings. The van der Waals surface area contributed by atoms with Crippen LogP contribution in [-0.2, 0) is 22.4 Å². The molecule has 1 aliphatic carbocycles. The molecule has 2 fully saturated rings. The number of nitrogens with one attached hydrogen (secondary N) is 1. The average molecular weight is 407 g/mol. The molecule has 2 aromatic rings. The Balaban J connectivity index is 1.37. The minimum Gasteiger partial charge on any atom is -0.381 e. The fourth-order valence-corrected chi connectivity index (χ4v) is 4.94. The first kappa shape index (κ1) is 19.5. The van der Waals surface area contributed by atoms with Gasteiger partial charge in [-0.2, -0.15) is 0 Å². The summed E-state index contributed by atoms with van der Waals surface area (Å²) >= 11 is 0. The van der Waals surface area contributed by atoms with Crippen LogP contribution in [0.2, 0.25) is 0 Å². The fraction of sp³-hybridized carbons (Fsp3) is 0.542. The number of rotatable bonds is 4. The summed E-state index contributed by atoms with van der Waals surface area (Å²) in [5, 5.41) is 3.27. The van der Waals surface area contributed by atoms with Crippen molar-refractivity contribution >= 4 is 11.7 Å². The van der Waals surface area contributed by atoms with Crippen LogP contribution in [0.15, 0.2) is 30.3 Å². The van der Waals surface area contributed by atoms with Crippen LogP contribution < -0.4 is 10.2 Å². The van der Waals surface area contributed by atoms with Crippen molar-refractivity contribution in [2.24, 2.45) is 5.92 Å². The van der Waals surface area contributed by atoms with Crippen LogP contribution >= 0.6 is 0 Å². The van der Waals surface area contributed by atoms with Crippen molar-refractivity contribution in [1.29, 1.82) is 0 Å². The van der Waals surface area contributed by atoms with Gasteiger partial charge in [-0.1, -0.05) is 30.3 Å². The molecule has 2 saturated heterocycles. The molecule has 0 unspecified atom stereocenters. The summed E-state index contributed by atoms with van der Waals surface area (Å²) < 4.78 is 5.42. The Bertz CT molecular complexity index is 896. The van der Waals surface area contributed by atoms with Crippen LogP contribution in [0.25, 0.3) is 11.4 Å². The van der Waals surface area contributed by atoms with Gasteiger partial charge in [0.2, 0.25) is 5.91 Å². The average Bonchev–Trinajstić information content (AvgIpc) is 3.28. The Kier molecular flexibility index (Phi) is 5.67. The second-order valence-corrected chi connectivity index (χ2v) is 8.70. The van der Waals surface area contributed by atoms with E-state index in [1.54, 1.807) is 0 Å². The molecule has 6 nitrogen and oxygen atoms in total. The van der Waals surface area contributed by atoms with Gasteiger partial charge in [-0.15, -0.1) is 0 Å². The molecule has 6 heteroatoms. The molecule has 1 amide bonds. The molecule has 158 valence electrons. The zero-order chi connectivity index (χ0) is 20.3. The first-order valence-corrected chi connectivity index (χ1v) is 11.4. The topological polar surface area (TPSA) is 67.3 Å². The van der Waals surface area contributed by atoms with Crippen LogP contribution in [0.5, 0.6) is 0 Å². The molecule has 1 aromatic carbocycles. The summed E-state index contributed by atoms with van der Waals surface area (Å²) in [5.74, 6) is 2.08. The SMILES string of the molecule is O=C(NC1CCOCC1)[C@@H]1CCCN(c2nc(-c3ccccc3)nc3c2CCC3)C1. The summed E-state index contributed by atoms with van der Waals surface area (Å²) in [4.78, 5) is 25.2. The highest BCUT2D eigenvalue weighted by atomic mass is 16.5. The first-order valence-electron chi connectivity index (χ1n) is 11.4. The maximum absolute atomic E-state index is 13.0. The minimum absolute atomic E-state index is 0.0220. The van der Waals surface area contributed by atoms with Gasteiger partial charge >= 0.3 is 0 Å². The molecule has 1 N–H and O–H groups in total. The molecule has 5 rings (SSSR count). The molecule has 0 bridgehead atoms. The maximum Gasteiger partial charge on any atom is 0.225 e. The number of nitrogens with zero attached hydrogens (tertiary/aromatic N) is 3. The largest absolute Gasteiger partial charge is 0.381 e. The number of hydrogen-bond acceptors (Lipinski definition) is 5. The van der Waals surface area contributed by atoms with Gasteiger partial charge in [0, 0.05) is 49.2 Å². The number of aromatic nitrogens is 2. The number of amides is 1. The van der Waals surface area contributed by atoms with Crippen LogP contribution in [0.3, 0.4) is 0 Å². The van der Waals surface area contributed by atoms with E-state index in [9.17, 15) is 4.79 Å². The number of fused-ring (bicyclic) bond motifs is 1. The van der Waals surface area contributed by atoms with Crippen LogP contribution in [0, 0.1) is 5.92 Å². The Hall–Kier alpha value is -2.47. The third-order valence-corrected chi connectivity index (χ3v) is 6.60. The van der Waals surface area contributed by atoms with Gasteiger partial charge in [-0.05, 0) is 44.9 Å². The van der Waals surface area contributed by atoms with Crippen LogP contribution in [-0.4, -0.2) is 48.2 Å². The minimum atomic E-state index is 0.0220. The fourth-order valence-electron chi connectivity index (χ4n) is 4.94. The van der Waals surface area contributed by atoms with Gasteiger partial charge in [-0.3, -0.25) is 4.79 Å². The Morgan fingerprint density at radius 3 is 2.70 bits per heavy atom. The highest BCUT2D eigenvalue weighted by Crippen LogP contribution is 2.33. The lowest BCUT2D eigenvalue weighted by Crippen LogP contribution is -2.47. The highest BCUT2D eigenvalue weighted by Gasteiger charge is 2.31. The zero-order valence-electron chi connectivity index (χ0n) is 17.5. The number of hydrogen-bond donors (Lipinski definition) is 1. The number of anilines is 1. The lowest BCUT2D eigenvalue weighted by Gasteiger charge is -2.35. The molecule has 3 heterocycles. The predicted octanol–water partition coefficient (Wildman–Crippen LogP) is 3.14. The summed E-state index contributed by atoms with van der Waals surface area (Å²) in [6, 6.07) is 10.5. The number of carbonyl (C=O) groups excluding carboxylic acids is 1. The van der Waals surface area contributed by atoms with E-state index in [0.717, 1.165) is 88.5 Å². The van der Waals surface area contributed by atoms with Gasteiger partial charge in [0.25, 0.3) is 0 Å². The Labute approximate surface area is 178 Å². The highest BCUT2D eigenvalue weighted by molar-refractivity contribution is 5.80. The van der Waals surface area contributed by atoms with E-state index < -0.39 is 0 Å². The number of ether oxygens (including phenoxy) is 1. The van der Waals surface area contributed by atoms with Crippen molar-refractivity contribution in [1.82, 2.24) is 15.3 Å². The molecule has 1 atom stereocenters. The quantitative estimate of drug-likeness (QED) is 0.845. The van der Waals surface area contributed by atoms with Crippen LogP contribution in [0.1, 0.15) is 43.4 Å². The summed E-state index contributed by atoms with van der Waals surface area (Å²) in [6.45, 7) is 3.19. The van der Waals surface area contributed by atoms with Crippen molar-refractivity contribution in [2.75, 3.05) is 31.2 Å². The first-order chi connectivity index (χ1) is 14.8. The Morgan fingerprint density at radius 1 is 1.03 bits per heavy atom. The number of benzene rings is 1. The van der Waals surface area contributed by atoms with Gasteiger partial charge in [-0.25, -0.2) is 9.97 Å². The summed E-state index contributed by atoms with van der Waals surface area (Å²) in [7, 11) is 0. The molecule has 0 saturated carbocycles. The number of aryl methyl sites for hydroxylation is 1. The van der Waals surface area contributed by atoms with E-state index >= 15 is 0 Å². The molecular weight excluding hydrogens is 376 g/mol. The third-order valence-electron chi connectivity index (χ3n) is 6.60. The summed E-state index contributed by atoms with van der Waals surface area (Å²) in [6.07, 6.45) is 7.00. The lowest BCUT2D eigenvalue weighted by molar-refractivity contribution is -0.126. The predicted molar refractivity (Wildman–Crippen MR) is 116 cm³/mol. The zero-order valence-corrected chi connectivity index (χ0v) is 17.5. The van der Waals surface area contributed by atoms with E-state index in [4.69, 9.17) is 14.7 Å². The van der Waals surface area contributed by atoms with E-state index in [-0.39, 0.29) is 17.9 Å². The van der Waals surface area contributed by atoms with Crippen molar-refractivity contribution in [3.63, 3.8) is 0 Å². The molecule has 1 aromatic heterocycles. The standard InChI is InChI=1S/C24H30N4O2/c29-24(25-19-11-14-30-15-12-19)18-8-5-13-28(16-18)23-20-9-4-10-21(20)26-22(27-23)17-6-2-1-3-7-17/h1-3,6-7,18-19H,4-5,8-16H2,(H,25,29)/t18-/m1/s1. The lowest BCUT2D eigenvalue weighted by atomic mass is 9.95. The molecular formula is C24H30N4O2. The summed E-state index contributed by atoms with van der Waals surface area (Å²) in [5.41, 5.74) is 3.53. The monoisotopic (exact) mass is 406 g/mol. The maximum atomic E-state index is 13.0. The normalized spacial score (nSPS) is 22.0. The van der Waals surface area contributed by atoms with Crippen molar-refractivity contribution in [3.05, 3.63) is 41.6 Å². The van der Waals surface area contributed by atoms with E-state index in [0.29, 0.717) is 0 Å². The second kappa shape index (κ2) is 8.72. The van der Waals surface area contributed by atoms with Gasteiger partial charge in [0.1, 0.15) is 5.82 Å². The third kappa shape index (κ3) is 4.06. The van der Waals surface area contributed by atoms with Crippen molar-refractivity contribution in [2.45, 2.75) is 51.0 Å². The Morgan fingerprint density at radius 2 is 1.87 bits per heavy atom. The van der Waals surface area contributed by atoms with E-state index in [1.165, 1.54) is 11.3 Å². The smallest absolute Gasteiger partial charge is 0.225 e. The molecule has 0 spiro atoms. The molecule has 2 aliphatic heterocycles.